The second kappa shape index (κ2) is 6.80. The highest BCUT2D eigenvalue weighted by Crippen LogP contribution is 2.45. The number of benzene rings is 2. The number of carbonyl (C=O) groups excluding carboxylic acids is 1. The second-order valence-corrected chi connectivity index (χ2v) is 6.69. The molecule has 0 unspecified atom stereocenters. The van der Waals surface area contributed by atoms with E-state index in [2.05, 4.69) is 12.2 Å². The molecular weight excluding hydrogens is 363 g/mol. The average Bonchev–Trinajstić information content (AvgIpc) is 2.86. The predicted molar refractivity (Wildman–Crippen MR) is 96.3 cm³/mol. The molecule has 0 spiro atoms. The van der Waals surface area contributed by atoms with Crippen LogP contribution in [0.1, 0.15) is 17.5 Å². The molecule has 0 saturated carbocycles. The van der Waals surface area contributed by atoms with Gasteiger partial charge in [-0.05, 0) is 36.3 Å². The lowest BCUT2D eigenvalue weighted by molar-refractivity contribution is -0.155. The Morgan fingerprint density at radius 1 is 1.12 bits per heavy atom. The lowest BCUT2D eigenvalue weighted by atomic mass is 9.71. The summed E-state index contributed by atoms with van der Waals surface area (Å²) in [5.74, 6) is -0.587. The Balaban J connectivity index is 2.09. The molecule has 0 aliphatic heterocycles. The number of nitrogens with one attached hydrogen (secondary N) is 1. The van der Waals surface area contributed by atoms with E-state index in [-0.39, 0.29) is 0 Å². The zero-order valence-electron chi connectivity index (χ0n) is 13.7. The maximum Gasteiger partial charge on any atom is 0.390 e. The van der Waals surface area contributed by atoms with Crippen LogP contribution in [0.2, 0.25) is 5.02 Å². The minimum atomic E-state index is -4.52. The molecule has 2 aromatic rings. The first-order valence-corrected chi connectivity index (χ1v) is 8.33. The number of para-hydroxylation sites is 1. The number of hydrogen-bond acceptors (Lipinski definition) is 2. The molecule has 1 aliphatic carbocycles. The Labute approximate surface area is 154 Å². The van der Waals surface area contributed by atoms with E-state index in [0.717, 1.165) is 0 Å². The highest BCUT2D eigenvalue weighted by molar-refractivity contribution is 6.33. The normalized spacial score (nSPS) is 22.7. The van der Waals surface area contributed by atoms with Gasteiger partial charge in [-0.3, -0.25) is 4.79 Å². The highest BCUT2D eigenvalue weighted by Gasteiger charge is 2.54. The standard InChI is InChI=1S/C20H16ClF3NO/c1-13-6-8-14(9-7-13)19(12-20(22,23)24)17(10-11-18(19)26)25-16-5-3-2-4-15(16)21/h2-11,17,25H,1,12H2/t17-,19-/m1/s1. The maximum atomic E-state index is 13.4. The summed E-state index contributed by atoms with van der Waals surface area (Å²) in [6.45, 7) is 3.75. The number of rotatable bonds is 4. The average molecular weight is 379 g/mol. The van der Waals surface area contributed by atoms with E-state index < -0.39 is 29.8 Å². The quantitative estimate of drug-likeness (QED) is 0.778. The first kappa shape index (κ1) is 18.5. The summed E-state index contributed by atoms with van der Waals surface area (Å²) >= 11 is 6.13. The van der Waals surface area contributed by atoms with Crippen molar-refractivity contribution in [3.05, 3.63) is 83.8 Å². The molecule has 0 heterocycles. The van der Waals surface area contributed by atoms with Gasteiger partial charge in [0.25, 0.3) is 0 Å². The fraction of sp³-hybridized carbons (Fsp3) is 0.200. The number of ketones is 1. The monoisotopic (exact) mass is 378 g/mol. The van der Waals surface area contributed by atoms with Gasteiger partial charge in [-0.25, -0.2) is 0 Å². The highest BCUT2D eigenvalue weighted by atomic mass is 35.5. The zero-order chi connectivity index (χ0) is 18.9. The summed E-state index contributed by atoms with van der Waals surface area (Å²) < 4.78 is 40.3. The molecule has 1 N–H and O–H groups in total. The molecule has 135 valence electrons. The number of alkyl halides is 3. The van der Waals surface area contributed by atoms with Crippen molar-refractivity contribution < 1.29 is 18.0 Å². The van der Waals surface area contributed by atoms with Crippen molar-refractivity contribution >= 4 is 23.1 Å². The van der Waals surface area contributed by atoms with Crippen LogP contribution in [0.25, 0.3) is 0 Å². The first-order chi connectivity index (χ1) is 12.2. The summed E-state index contributed by atoms with van der Waals surface area (Å²) in [5, 5.41) is 3.38. The number of anilines is 1. The summed E-state index contributed by atoms with van der Waals surface area (Å²) in [4.78, 5) is 12.7. The third-order valence-corrected chi connectivity index (χ3v) is 4.87. The van der Waals surface area contributed by atoms with Crippen molar-refractivity contribution in [2.75, 3.05) is 5.32 Å². The Bertz CT molecular complexity index is 845. The molecular formula is C20H16ClF3NO. The van der Waals surface area contributed by atoms with E-state index in [4.69, 9.17) is 11.6 Å². The predicted octanol–water partition coefficient (Wildman–Crippen LogP) is 5.33. The van der Waals surface area contributed by atoms with E-state index in [1.807, 2.05) is 0 Å². The third kappa shape index (κ3) is 3.49. The molecule has 6 heteroatoms. The van der Waals surface area contributed by atoms with Crippen LogP contribution in [-0.4, -0.2) is 18.0 Å². The Hall–Kier alpha value is -2.27. The van der Waals surface area contributed by atoms with Crippen LogP contribution < -0.4 is 5.32 Å². The zero-order valence-corrected chi connectivity index (χ0v) is 14.4. The first-order valence-electron chi connectivity index (χ1n) is 7.95. The van der Waals surface area contributed by atoms with Crippen molar-refractivity contribution in [1.29, 1.82) is 0 Å². The largest absolute Gasteiger partial charge is 0.390 e. The van der Waals surface area contributed by atoms with Gasteiger partial charge in [0.1, 0.15) is 0 Å². The summed E-state index contributed by atoms with van der Waals surface area (Å²) in [6, 6.07) is 12.1. The minimum Gasteiger partial charge on any atom is -0.376 e. The number of allylic oxidation sites excluding steroid dienone is 1. The smallest absolute Gasteiger partial charge is 0.376 e. The molecule has 2 atom stereocenters. The van der Waals surface area contributed by atoms with Gasteiger partial charge in [0.05, 0.1) is 28.6 Å². The van der Waals surface area contributed by atoms with Gasteiger partial charge in [-0.1, -0.05) is 54.1 Å². The third-order valence-electron chi connectivity index (χ3n) is 4.54. The van der Waals surface area contributed by atoms with Crippen LogP contribution in [0, 0.1) is 6.92 Å². The van der Waals surface area contributed by atoms with E-state index in [1.165, 1.54) is 24.3 Å². The van der Waals surface area contributed by atoms with Gasteiger partial charge in [0.15, 0.2) is 5.78 Å². The molecule has 2 aromatic carbocycles. The van der Waals surface area contributed by atoms with E-state index in [0.29, 0.717) is 21.8 Å². The Morgan fingerprint density at radius 3 is 2.38 bits per heavy atom. The molecule has 0 saturated heterocycles. The van der Waals surface area contributed by atoms with Gasteiger partial charge in [0.2, 0.25) is 0 Å². The second-order valence-electron chi connectivity index (χ2n) is 6.29. The van der Waals surface area contributed by atoms with Gasteiger partial charge in [0, 0.05) is 0 Å². The topological polar surface area (TPSA) is 29.1 Å². The van der Waals surface area contributed by atoms with Crippen LogP contribution >= 0.6 is 11.6 Å². The van der Waals surface area contributed by atoms with Crippen molar-refractivity contribution in [3.63, 3.8) is 0 Å². The van der Waals surface area contributed by atoms with Crippen LogP contribution in [0.3, 0.4) is 0 Å². The fourth-order valence-corrected chi connectivity index (χ4v) is 3.50. The van der Waals surface area contributed by atoms with Gasteiger partial charge in [-0.15, -0.1) is 0 Å². The van der Waals surface area contributed by atoms with Crippen molar-refractivity contribution in [2.45, 2.75) is 24.1 Å². The van der Waals surface area contributed by atoms with Gasteiger partial charge >= 0.3 is 6.18 Å². The lowest BCUT2D eigenvalue weighted by Crippen LogP contribution is -2.48. The molecule has 0 bridgehead atoms. The van der Waals surface area contributed by atoms with Gasteiger partial charge in [-0.2, -0.15) is 13.2 Å². The summed E-state index contributed by atoms with van der Waals surface area (Å²) in [6.07, 6.45) is -3.12. The van der Waals surface area contributed by atoms with Crippen LogP contribution in [0.4, 0.5) is 18.9 Å². The number of hydrogen-bond donors (Lipinski definition) is 1. The molecule has 0 amide bonds. The molecule has 2 nitrogen and oxygen atoms in total. The number of halogens is 4. The minimum absolute atomic E-state index is 0.293. The molecule has 1 radical (unpaired) electrons. The lowest BCUT2D eigenvalue weighted by Gasteiger charge is -2.36. The van der Waals surface area contributed by atoms with Gasteiger partial charge < -0.3 is 5.32 Å². The van der Waals surface area contributed by atoms with E-state index in [9.17, 15) is 18.0 Å². The SMILES string of the molecule is [CH2]c1ccc([C@@]2(CC(F)(F)F)C(=O)C=C[C@H]2Nc2ccccc2Cl)cc1. The number of carbonyl (C=O) groups is 1. The Kier molecular flexibility index (Phi) is 4.84. The molecule has 3 rings (SSSR count). The van der Waals surface area contributed by atoms with Crippen molar-refractivity contribution in [2.24, 2.45) is 0 Å². The van der Waals surface area contributed by atoms with Crippen molar-refractivity contribution in [3.8, 4) is 0 Å². The molecule has 0 aromatic heterocycles. The molecule has 26 heavy (non-hydrogen) atoms. The van der Waals surface area contributed by atoms with E-state index >= 15 is 0 Å². The van der Waals surface area contributed by atoms with Crippen molar-refractivity contribution in [1.82, 2.24) is 0 Å². The van der Waals surface area contributed by atoms with E-state index in [1.54, 1.807) is 36.4 Å². The maximum absolute atomic E-state index is 13.4. The Morgan fingerprint density at radius 2 is 1.77 bits per heavy atom. The summed E-state index contributed by atoms with van der Waals surface area (Å²) in [7, 11) is 0. The van der Waals surface area contributed by atoms with Crippen LogP contribution in [0.15, 0.2) is 60.7 Å². The fourth-order valence-electron chi connectivity index (χ4n) is 3.31. The molecule has 1 aliphatic rings. The van der Waals surface area contributed by atoms with Crippen LogP contribution in [-0.2, 0) is 10.2 Å². The summed E-state index contributed by atoms with van der Waals surface area (Å²) in [5.41, 5.74) is -0.365. The van der Waals surface area contributed by atoms with Crippen LogP contribution in [0.5, 0.6) is 0 Å². The molecule has 0 fully saturated rings.